The lowest BCUT2D eigenvalue weighted by Crippen LogP contribution is -2.22. The molecule has 0 unspecified atom stereocenters. The Hall–Kier alpha value is -3.52. The fourth-order valence-corrected chi connectivity index (χ4v) is 6.29. The van der Waals surface area contributed by atoms with Crippen LogP contribution in [0.15, 0.2) is 57.8 Å². The average molecular weight is 566 g/mol. The molecule has 0 radical (unpaired) electrons. The van der Waals surface area contributed by atoms with E-state index in [1.165, 1.54) is 18.2 Å². The van der Waals surface area contributed by atoms with Crippen molar-refractivity contribution in [3.05, 3.63) is 65.5 Å². The molecular weight excluding hydrogens is 526 g/mol. The largest absolute Gasteiger partial charge is 0.493 e. The Labute approximate surface area is 237 Å². The topological polar surface area (TPSA) is 87.7 Å². The van der Waals surface area contributed by atoms with Gasteiger partial charge in [0.15, 0.2) is 11.5 Å². The van der Waals surface area contributed by atoms with Gasteiger partial charge in [0.1, 0.15) is 17.3 Å². The molecule has 2 heterocycles. The van der Waals surface area contributed by atoms with Gasteiger partial charge in [-0.05, 0) is 43.7 Å². The van der Waals surface area contributed by atoms with Crippen LogP contribution in [0.2, 0.25) is 0 Å². The number of nitrogens with zero attached hydrogens (tertiary/aromatic N) is 1. The van der Waals surface area contributed by atoms with Gasteiger partial charge in [-0.15, -0.1) is 0 Å². The van der Waals surface area contributed by atoms with Crippen molar-refractivity contribution in [1.82, 2.24) is 3.97 Å². The van der Waals surface area contributed by atoms with Gasteiger partial charge in [0.2, 0.25) is 0 Å². The zero-order valence-corrected chi connectivity index (χ0v) is 25.7. The summed E-state index contributed by atoms with van der Waals surface area (Å²) in [5.41, 5.74) is 1.63. The molecule has 2 aromatic heterocycles. The highest BCUT2D eigenvalue weighted by atomic mass is 32.2. The van der Waals surface area contributed by atoms with E-state index in [9.17, 15) is 13.2 Å². The molecular formula is C32H39NO6S. The summed E-state index contributed by atoms with van der Waals surface area (Å²) >= 11 is 0. The molecule has 40 heavy (non-hydrogen) atoms. The summed E-state index contributed by atoms with van der Waals surface area (Å²) in [6.07, 6.45) is 0.360. The number of Topliss-reactive ketones (excluding diaryl/α,β-unsaturated/α-hetero) is 1. The fourth-order valence-electron chi connectivity index (χ4n) is 4.71. The van der Waals surface area contributed by atoms with E-state index < -0.39 is 15.4 Å². The Bertz CT molecular complexity index is 1660. The molecule has 214 valence electrons. The van der Waals surface area contributed by atoms with E-state index in [0.717, 1.165) is 11.3 Å². The predicted octanol–water partition coefficient (Wildman–Crippen LogP) is 7.31. The van der Waals surface area contributed by atoms with Crippen molar-refractivity contribution in [3.63, 3.8) is 0 Å². The lowest BCUT2D eigenvalue weighted by Gasteiger charge is -2.18. The average Bonchev–Trinajstić information content (AvgIpc) is 3.48. The molecule has 0 N–H and O–H groups in total. The Morgan fingerprint density at radius 3 is 2.02 bits per heavy atom. The van der Waals surface area contributed by atoms with Gasteiger partial charge in [-0.1, -0.05) is 59.2 Å². The number of ketones is 1. The quantitative estimate of drug-likeness (QED) is 0.223. The summed E-state index contributed by atoms with van der Waals surface area (Å²) in [7, 11) is -1.03. The number of carbonyl (C=O) groups is 1. The van der Waals surface area contributed by atoms with Gasteiger partial charge < -0.3 is 13.9 Å². The van der Waals surface area contributed by atoms with E-state index in [0.29, 0.717) is 39.4 Å². The van der Waals surface area contributed by atoms with Crippen LogP contribution in [0.5, 0.6) is 11.5 Å². The Morgan fingerprint density at radius 2 is 1.50 bits per heavy atom. The molecule has 0 spiro atoms. The molecule has 0 amide bonds. The molecule has 0 aliphatic rings. The lowest BCUT2D eigenvalue weighted by molar-refractivity contribution is -0.126. The van der Waals surface area contributed by atoms with Gasteiger partial charge >= 0.3 is 0 Å². The second kappa shape index (κ2) is 10.5. The number of hydrogen-bond acceptors (Lipinski definition) is 6. The van der Waals surface area contributed by atoms with Gasteiger partial charge in [0.05, 0.1) is 24.6 Å². The van der Waals surface area contributed by atoms with Crippen molar-refractivity contribution in [2.24, 2.45) is 5.41 Å². The molecule has 0 fully saturated rings. The highest BCUT2D eigenvalue weighted by Crippen LogP contribution is 2.44. The van der Waals surface area contributed by atoms with Crippen molar-refractivity contribution in [3.8, 4) is 22.8 Å². The standard InChI is InChI=1S/C32H39NO6S/c1-20-10-12-21(13-11-20)40(35,36)33-23(14-16-28(34)31(2,3)4)30(25-15-17-29(39-25)32(5,6)7)22-18-26(37-8)27(38-9)19-24(22)33/h10-13,15,17-19H,14,16H2,1-9H3. The van der Waals surface area contributed by atoms with Crippen LogP contribution in [0.4, 0.5) is 0 Å². The minimum absolute atomic E-state index is 0.0352. The second-order valence-electron chi connectivity index (χ2n) is 12.2. The van der Waals surface area contributed by atoms with Crippen molar-refractivity contribution in [2.45, 2.75) is 71.6 Å². The number of fused-ring (bicyclic) bond motifs is 1. The first-order chi connectivity index (χ1) is 18.6. The number of methoxy groups -OCH3 is 2. The van der Waals surface area contributed by atoms with Gasteiger partial charge in [-0.3, -0.25) is 4.79 Å². The lowest BCUT2D eigenvalue weighted by atomic mass is 9.87. The molecule has 0 atom stereocenters. The van der Waals surface area contributed by atoms with Crippen LogP contribution in [-0.4, -0.2) is 32.4 Å². The van der Waals surface area contributed by atoms with Gasteiger partial charge in [0, 0.05) is 40.0 Å². The number of rotatable bonds is 8. The third-order valence-corrected chi connectivity index (χ3v) is 8.87. The van der Waals surface area contributed by atoms with Crippen LogP contribution in [0.1, 0.15) is 65.0 Å². The molecule has 0 saturated heterocycles. The van der Waals surface area contributed by atoms with E-state index in [1.807, 2.05) is 39.8 Å². The Balaban J connectivity index is 2.12. The molecule has 4 rings (SSSR count). The van der Waals surface area contributed by atoms with E-state index >= 15 is 0 Å². The zero-order chi connectivity index (χ0) is 29.6. The van der Waals surface area contributed by atoms with Crippen LogP contribution in [0.25, 0.3) is 22.2 Å². The summed E-state index contributed by atoms with van der Waals surface area (Å²) in [6, 6.07) is 14.0. The van der Waals surface area contributed by atoms with E-state index in [4.69, 9.17) is 13.9 Å². The Morgan fingerprint density at radius 1 is 0.900 bits per heavy atom. The van der Waals surface area contributed by atoms with Crippen molar-refractivity contribution < 1.29 is 27.1 Å². The summed E-state index contributed by atoms with van der Waals surface area (Å²) < 4.78 is 47.6. The van der Waals surface area contributed by atoms with Crippen LogP contribution >= 0.6 is 0 Å². The van der Waals surface area contributed by atoms with Crippen molar-refractivity contribution >= 4 is 26.7 Å². The number of furan rings is 1. The minimum Gasteiger partial charge on any atom is -0.493 e. The maximum absolute atomic E-state index is 14.4. The highest BCUT2D eigenvalue weighted by molar-refractivity contribution is 7.90. The SMILES string of the molecule is COc1cc2c(-c3ccc(C(C)(C)C)o3)c(CCC(=O)C(C)(C)C)n(S(=O)(=O)c3ccc(C)cc3)c2cc1OC. The fraction of sp³-hybridized carbons (Fsp3) is 0.406. The van der Waals surface area contributed by atoms with E-state index in [1.54, 1.807) is 36.4 Å². The number of benzene rings is 2. The number of aryl methyl sites for hydroxylation is 1. The van der Waals surface area contributed by atoms with Crippen LogP contribution in [0, 0.1) is 12.3 Å². The first-order valence-electron chi connectivity index (χ1n) is 13.3. The van der Waals surface area contributed by atoms with Gasteiger partial charge in [-0.25, -0.2) is 12.4 Å². The molecule has 0 aliphatic carbocycles. The van der Waals surface area contributed by atoms with Gasteiger partial charge in [-0.2, -0.15) is 0 Å². The molecule has 8 heteroatoms. The van der Waals surface area contributed by atoms with Crippen molar-refractivity contribution in [1.29, 1.82) is 0 Å². The van der Waals surface area contributed by atoms with Crippen LogP contribution in [-0.2, 0) is 26.7 Å². The molecule has 7 nitrogen and oxygen atoms in total. The van der Waals surface area contributed by atoms with Gasteiger partial charge in [0.25, 0.3) is 10.0 Å². The van der Waals surface area contributed by atoms with Crippen LogP contribution < -0.4 is 9.47 Å². The third kappa shape index (κ3) is 5.42. The maximum atomic E-state index is 14.4. The van der Waals surface area contributed by atoms with Crippen molar-refractivity contribution in [2.75, 3.05) is 14.2 Å². The zero-order valence-electron chi connectivity index (χ0n) is 24.8. The normalized spacial score (nSPS) is 12.6. The third-order valence-electron chi connectivity index (χ3n) is 7.10. The second-order valence-corrected chi connectivity index (χ2v) is 14.0. The van der Waals surface area contributed by atoms with E-state index in [2.05, 4.69) is 20.8 Å². The summed E-state index contributed by atoms with van der Waals surface area (Å²) in [5.74, 6) is 2.18. The summed E-state index contributed by atoms with van der Waals surface area (Å²) in [5, 5.41) is 0.626. The number of aromatic nitrogens is 1. The maximum Gasteiger partial charge on any atom is 0.268 e. The minimum atomic E-state index is -4.08. The smallest absolute Gasteiger partial charge is 0.268 e. The molecule has 4 aromatic rings. The van der Waals surface area contributed by atoms with E-state index in [-0.39, 0.29) is 28.9 Å². The molecule has 0 bridgehead atoms. The first kappa shape index (κ1) is 29.5. The first-order valence-corrected chi connectivity index (χ1v) is 14.8. The molecule has 0 saturated carbocycles. The number of ether oxygens (including phenoxy) is 2. The summed E-state index contributed by atoms with van der Waals surface area (Å²) in [4.78, 5) is 13.2. The monoisotopic (exact) mass is 565 g/mol. The number of hydrogen-bond donors (Lipinski definition) is 0. The molecule has 0 aliphatic heterocycles. The molecule has 2 aromatic carbocycles. The number of carbonyl (C=O) groups excluding carboxylic acids is 1. The van der Waals surface area contributed by atoms with Crippen LogP contribution in [0.3, 0.4) is 0 Å². The Kier molecular flexibility index (Phi) is 7.71. The highest BCUT2D eigenvalue weighted by Gasteiger charge is 2.32. The predicted molar refractivity (Wildman–Crippen MR) is 158 cm³/mol. The summed E-state index contributed by atoms with van der Waals surface area (Å²) in [6.45, 7) is 13.7.